The van der Waals surface area contributed by atoms with Gasteiger partial charge < -0.3 is 5.73 Å². The zero-order valence-corrected chi connectivity index (χ0v) is 9.09. The average Bonchev–Trinajstić information content (AvgIpc) is 2.18. The maximum absolute atomic E-state index is 5.60. The smallest absolute Gasteiger partial charge is 0.0314 e. The van der Waals surface area contributed by atoms with Crippen molar-refractivity contribution in [3.8, 4) is 0 Å². The van der Waals surface area contributed by atoms with Crippen molar-refractivity contribution < 1.29 is 0 Å². The zero-order chi connectivity index (χ0) is 10.6. The minimum atomic E-state index is 0.639. The van der Waals surface area contributed by atoms with Gasteiger partial charge in [-0.2, -0.15) is 0 Å². The summed E-state index contributed by atoms with van der Waals surface area (Å²) in [4.78, 5) is 0. The molecule has 0 radical (unpaired) electrons. The van der Waals surface area contributed by atoms with E-state index in [2.05, 4.69) is 32.6 Å². The molecular weight excluding hydrogens is 170 g/mol. The molecule has 0 fully saturated rings. The number of benzene rings is 1. The summed E-state index contributed by atoms with van der Waals surface area (Å²) in [6, 6.07) is 8.36. The van der Waals surface area contributed by atoms with Gasteiger partial charge in [-0.3, -0.25) is 0 Å². The van der Waals surface area contributed by atoms with E-state index in [1.165, 1.54) is 12.0 Å². The van der Waals surface area contributed by atoms with Gasteiger partial charge in [0.05, 0.1) is 0 Å². The number of rotatable bonds is 4. The molecule has 1 rings (SSSR count). The molecule has 0 saturated heterocycles. The molecule has 0 heterocycles. The van der Waals surface area contributed by atoms with Crippen LogP contribution in [0.3, 0.4) is 0 Å². The monoisotopic (exact) mass is 189 g/mol. The summed E-state index contributed by atoms with van der Waals surface area (Å²) < 4.78 is 0. The van der Waals surface area contributed by atoms with Gasteiger partial charge in [-0.15, -0.1) is 0 Å². The van der Waals surface area contributed by atoms with E-state index in [1.807, 2.05) is 12.1 Å². The highest BCUT2D eigenvalue weighted by Gasteiger charge is 2.01. The van der Waals surface area contributed by atoms with E-state index in [0.29, 0.717) is 5.70 Å². The standard InChI is InChI=1S/C13H19N/c1-4-10(2)9-12-5-7-13(8-6-12)11(3)14/h5-8,10H,3-4,9,14H2,1-2H3. The molecule has 1 atom stereocenters. The molecule has 0 bridgehead atoms. The molecule has 0 amide bonds. The highest BCUT2D eigenvalue weighted by molar-refractivity contribution is 5.60. The lowest BCUT2D eigenvalue weighted by molar-refractivity contribution is 0.560. The summed E-state index contributed by atoms with van der Waals surface area (Å²) in [6.07, 6.45) is 2.37. The van der Waals surface area contributed by atoms with Gasteiger partial charge in [-0.05, 0) is 23.5 Å². The van der Waals surface area contributed by atoms with Crippen molar-refractivity contribution in [2.24, 2.45) is 11.7 Å². The first kappa shape index (κ1) is 10.8. The van der Waals surface area contributed by atoms with E-state index >= 15 is 0 Å². The quantitative estimate of drug-likeness (QED) is 0.773. The average molecular weight is 189 g/mol. The molecule has 0 spiro atoms. The van der Waals surface area contributed by atoms with Crippen LogP contribution in [0.1, 0.15) is 31.4 Å². The maximum Gasteiger partial charge on any atom is 0.0314 e. The van der Waals surface area contributed by atoms with Gasteiger partial charge >= 0.3 is 0 Å². The second-order valence-corrected chi connectivity index (χ2v) is 3.94. The molecule has 0 aliphatic rings. The lowest BCUT2D eigenvalue weighted by Crippen LogP contribution is -1.98. The molecule has 0 aliphatic heterocycles. The summed E-state index contributed by atoms with van der Waals surface area (Å²) in [5.41, 5.74) is 8.64. The minimum absolute atomic E-state index is 0.639. The molecule has 1 nitrogen and oxygen atoms in total. The van der Waals surface area contributed by atoms with Gasteiger partial charge in [0, 0.05) is 5.70 Å². The van der Waals surface area contributed by atoms with E-state index in [0.717, 1.165) is 17.9 Å². The molecule has 0 aromatic heterocycles. The van der Waals surface area contributed by atoms with Gasteiger partial charge in [0.2, 0.25) is 0 Å². The first-order chi connectivity index (χ1) is 6.63. The van der Waals surface area contributed by atoms with Crippen LogP contribution < -0.4 is 5.73 Å². The second kappa shape index (κ2) is 4.85. The van der Waals surface area contributed by atoms with Crippen LogP contribution in [0.5, 0.6) is 0 Å². The highest BCUT2D eigenvalue weighted by atomic mass is 14.6. The maximum atomic E-state index is 5.60. The summed E-state index contributed by atoms with van der Waals surface area (Å²) in [6.45, 7) is 8.21. The number of nitrogens with two attached hydrogens (primary N) is 1. The van der Waals surface area contributed by atoms with Gasteiger partial charge in [0.25, 0.3) is 0 Å². The molecule has 1 unspecified atom stereocenters. The third-order valence-corrected chi connectivity index (χ3v) is 2.61. The van der Waals surface area contributed by atoms with Crippen LogP contribution in [0, 0.1) is 5.92 Å². The van der Waals surface area contributed by atoms with E-state index in [1.54, 1.807) is 0 Å². The summed E-state index contributed by atoms with van der Waals surface area (Å²) in [7, 11) is 0. The van der Waals surface area contributed by atoms with Crippen molar-refractivity contribution in [2.75, 3.05) is 0 Å². The first-order valence-electron chi connectivity index (χ1n) is 5.17. The summed E-state index contributed by atoms with van der Waals surface area (Å²) >= 11 is 0. The van der Waals surface area contributed by atoms with E-state index in [-0.39, 0.29) is 0 Å². The fraction of sp³-hybridized carbons (Fsp3) is 0.385. The van der Waals surface area contributed by atoms with Crippen LogP contribution >= 0.6 is 0 Å². The van der Waals surface area contributed by atoms with Crippen LogP contribution in [0.4, 0.5) is 0 Å². The van der Waals surface area contributed by atoms with Crippen molar-refractivity contribution >= 4 is 5.70 Å². The normalized spacial score (nSPS) is 12.4. The Morgan fingerprint density at radius 1 is 1.36 bits per heavy atom. The molecule has 0 saturated carbocycles. The Bertz CT molecular complexity index is 298. The first-order valence-corrected chi connectivity index (χ1v) is 5.17. The Kier molecular flexibility index (Phi) is 3.75. The highest BCUT2D eigenvalue weighted by Crippen LogP contribution is 2.14. The van der Waals surface area contributed by atoms with Gasteiger partial charge in [0.1, 0.15) is 0 Å². The van der Waals surface area contributed by atoms with Crippen molar-refractivity contribution in [2.45, 2.75) is 26.7 Å². The van der Waals surface area contributed by atoms with Gasteiger partial charge in [-0.25, -0.2) is 0 Å². The minimum Gasteiger partial charge on any atom is -0.399 e. The zero-order valence-electron chi connectivity index (χ0n) is 9.09. The van der Waals surface area contributed by atoms with E-state index in [4.69, 9.17) is 5.73 Å². The fourth-order valence-corrected chi connectivity index (χ4v) is 1.40. The van der Waals surface area contributed by atoms with E-state index in [9.17, 15) is 0 Å². The van der Waals surface area contributed by atoms with Crippen LogP contribution in [0.15, 0.2) is 30.8 Å². The molecule has 1 heteroatoms. The lowest BCUT2D eigenvalue weighted by Gasteiger charge is -2.08. The van der Waals surface area contributed by atoms with Crippen molar-refractivity contribution in [3.05, 3.63) is 42.0 Å². The Morgan fingerprint density at radius 2 is 1.93 bits per heavy atom. The van der Waals surface area contributed by atoms with Crippen LogP contribution in [-0.2, 0) is 6.42 Å². The fourth-order valence-electron chi connectivity index (χ4n) is 1.40. The molecule has 0 aliphatic carbocycles. The van der Waals surface area contributed by atoms with Crippen molar-refractivity contribution in [1.29, 1.82) is 0 Å². The van der Waals surface area contributed by atoms with Gasteiger partial charge in [0.15, 0.2) is 0 Å². The molecule has 1 aromatic carbocycles. The van der Waals surface area contributed by atoms with E-state index < -0.39 is 0 Å². The summed E-state index contributed by atoms with van der Waals surface area (Å²) in [5.74, 6) is 0.752. The lowest BCUT2D eigenvalue weighted by atomic mass is 9.98. The van der Waals surface area contributed by atoms with Gasteiger partial charge in [-0.1, -0.05) is 51.1 Å². The Hall–Kier alpha value is -1.24. The van der Waals surface area contributed by atoms with Crippen molar-refractivity contribution in [1.82, 2.24) is 0 Å². The van der Waals surface area contributed by atoms with Crippen LogP contribution in [-0.4, -0.2) is 0 Å². The Labute approximate surface area is 86.6 Å². The third-order valence-electron chi connectivity index (χ3n) is 2.61. The predicted octanol–water partition coefficient (Wildman–Crippen LogP) is 3.20. The molecule has 76 valence electrons. The predicted molar refractivity (Wildman–Crippen MR) is 62.8 cm³/mol. The third kappa shape index (κ3) is 2.91. The SMILES string of the molecule is C=C(N)c1ccc(CC(C)CC)cc1. The van der Waals surface area contributed by atoms with Crippen molar-refractivity contribution in [3.63, 3.8) is 0 Å². The van der Waals surface area contributed by atoms with Crippen LogP contribution in [0.2, 0.25) is 0 Å². The summed E-state index contributed by atoms with van der Waals surface area (Å²) in [5, 5.41) is 0. The number of hydrogen-bond donors (Lipinski definition) is 1. The Morgan fingerprint density at radius 3 is 2.36 bits per heavy atom. The molecule has 1 aromatic rings. The largest absolute Gasteiger partial charge is 0.399 e. The second-order valence-electron chi connectivity index (χ2n) is 3.94. The number of hydrogen-bond acceptors (Lipinski definition) is 1. The molecule has 2 N–H and O–H groups in total. The topological polar surface area (TPSA) is 26.0 Å². The molecule has 14 heavy (non-hydrogen) atoms. The molecular formula is C13H19N. The van der Waals surface area contributed by atoms with Crippen LogP contribution in [0.25, 0.3) is 5.70 Å². The Balaban J connectivity index is 2.68.